The second-order valence-electron chi connectivity index (χ2n) is 9.26. The van der Waals surface area contributed by atoms with Gasteiger partial charge in [0.1, 0.15) is 5.82 Å². The molecule has 0 unspecified atom stereocenters. The van der Waals surface area contributed by atoms with E-state index in [1.54, 1.807) is 12.4 Å². The summed E-state index contributed by atoms with van der Waals surface area (Å²) in [7, 11) is 0. The molecule has 1 atom stereocenters. The highest BCUT2D eigenvalue weighted by Crippen LogP contribution is 2.31. The van der Waals surface area contributed by atoms with Crippen LogP contribution in [-0.2, 0) is 13.0 Å². The molecule has 0 bridgehead atoms. The molecule has 6 nitrogen and oxygen atoms in total. The minimum Gasteiger partial charge on any atom is -0.350 e. The van der Waals surface area contributed by atoms with Crippen molar-refractivity contribution >= 4 is 16.7 Å². The summed E-state index contributed by atoms with van der Waals surface area (Å²) in [5.41, 5.74) is 4.50. The standard InChI is InChI=1S/C30H28N6/c1-3-7-23(8-4-1)19-26-22-35(21-24-9-5-2-6-10-24)17-18-36(26)30-27-13-16-32-20-28(27)33-29(34-30)25-11-14-31-15-12-25/h1-16,20,26H,17-19,21-22H2/t26-/m0/s1. The number of pyridine rings is 2. The maximum Gasteiger partial charge on any atom is 0.162 e. The van der Waals surface area contributed by atoms with Crippen molar-refractivity contribution in [2.45, 2.75) is 19.0 Å². The van der Waals surface area contributed by atoms with Crippen LogP contribution >= 0.6 is 0 Å². The number of fused-ring (bicyclic) bond motifs is 1. The third kappa shape index (κ3) is 4.81. The van der Waals surface area contributed by atoms with Crippen LogP contribution in [0.3, 0.4) is 0 Å². The number of nitrogens with zero attached hydrogens (tertiary/aromatic N) is 6. The van der Waals surface area contributed by atoms with Crippen LogP contribution in [0.2, 0.25) is 0 Å². The molecule has 1 aliphatic heterocycles. The fourth-order valence-corrected chi connectivity index (χ4v) is 5.06. The monoisotopic (exact) mass is 472 g/mol. The molecular formula is C30H28N6. The molecule has 2 aromatic carbocycles. The Morgan fingerprint density at radius 2 is 1.44 bits per heavy atom. The largest absolute Gasteiger partial charge is 0.350 e. The van der Waals surface area contributed by atoms with Gasteiger partial charge in [0.15, 0.2) is 5.82 Å². The van der Waals surface area contributed by atoms with Crippen molar-refractivity contribution in [2.75, 3.05) is 24.5 Å². The first-order chi connectivity index (χ1) is 17.8. The highest BCUT2D eigenvalue weighted by Gasteiger charge is 2.30. The van der Waals surface area contributed by atoms with Crippen molar-refractivity contribution in [2.24, 2.45) is 0 Å². The highest BCUT2D eigenvalue weighted by atomic mass is 15.3. The molecule has 4 heterocycles. The summed E-state index contributed by atoms with van der Waals surface area (Å²) in [6.07, 6.45) is 8.19. The molecule has 6 heteroatoms. The molecule has 1 aliphatic rings. The van der Waals surface area contributed by atoms with Gasteiger partial charge in [0.25, 0.3) is 0 Å². The molecule has 6 rings (SSSR count). The zero-order valence-electron chi connectivity index (χ0n) is 20.1. The summed E-state index contributed by atoms with van der Waals surface area (Å²) in [5.74, 6) is 1.69. The Bertz CT molecular complexity index is 1430. The fraction of sp³-hybridized carbons (Fsp3) is 0.200. The predicted octanol–water partition coefficient (Wildman–Crippen LogP) is 5.02. The number of aromatic nitrogens is 4. The van der Waals surface area contributed by atoms with E-state index in [0.29, 0.717) is 5.82 Å². The molecule has 0 N–H and O–H groups in total. The predicted molar refractivity (Wildman–Crippen MR) is 144 cm³/mol. The molecule has 178 valence electrons. The van der Waals surface area contributed by atoms with E-state index in [4.69, 9.17) is 9.97 Å². The SMILES string of the molecule is c1ccc(C[C@H]2CN(Cc3ccccc3)CCN2c2nc(-c3ccncc3)nc3cnccc23)cc1. The van der Waals surface area contributed by atoms with Crippen LogP contribution in [0.5, 0.6) is 0 Å². The van der Waals surface area contributed by atoms with Gasteiger partial charge in [-0.15, -0.1) is 0 Å². The van der Waals surface area contributed by atoms with Gasteiger partial charge in [0.05, 0.1) is 11.7 Å². The quantitative estimate of drug-likeness (QED) is 0.346. The van der Waals surface area contributed by atoms with Gasteiger partial charge in [-0.05, 0) is 35.7 Å². The van der Waals surface area contributed by atoms with E-state index in [1.165, 1.54) is 11.1 Å². The lowest BCUT2D eigenvalue weighted by atomic mass is 10.0. The van der Waals surface area contributed by atoms with E-state index in [-0.39, 0.29) is 6.04 Å². The molecule has 0 saturated carbocycles. The van der Waals surface area contributed by atoms with Crippen molar-refractivity contribution in [1.29, 1.82) is 0 Å². The minimum atomic E-state index is 0.279. The minimum absolute atomic E-state index is 0.279. The first-order valence-electron chi connectivity index (χ1n) is 12.4. The maximum absolute atomic E-state index is 5.14. The zero-order chi connectivity index (χ0) is 24.2. The first kappa shape index (κ1) is 22.3. The smallest absolute Gasteiger partial charge is 0.162 e. The average Bonchev–Trinajstić information content (AvgIpc) is 2.94. The normalized spacial score (nSPS) is 16.3. The Morgan fingerprint density at radius 3 is 2.22 bits per heavy atom. The van der Waals surface area contributed by atoms with Gasteiger partial charge in [-0.3, -0.25) is 14.9 Å². The number of hydrogen-bond donors (Lipinski definition) is 0. The molecule has 3 aromatic heterocycles. The number of piperazine rings is 1. The highest BCUT2D eigenvalue weighted by molar-refractivity contribution is 5.90. The van der Waals surface area contributed by atoms with Crippen LogP contribution in [0.15, 0.2) is 104 Å². The van der Waals surface area contributed by atoms with E-state index in [0.717, 1.165) is 54.9 Å². The molecular weight excluding hydrogens is 444 g/mol. The van der Waals surface area contributed by atoms with Gasteiger partial charge in [0.2, 0.25) is 0 Å². The van der Waals surface area contributed by atoms with Gasteiger partial charge in [-0.2, -0.15) is 0 Å². The second-order valence-corrected chi connectivity index (χ2v) is 9.26. The summed E-state index contributed by atoms with van der Waals surface area (Å²) >= 11 is 0. The summed E-state index contributed by atoms with van der Waals surface area (Å²) < 4.78 is 0. The van der Waals surface area contributed by atoms with Gasteiger partial charge < -0.3 is 4.90 Å². The Labute approximate surface area is 211 Å². The second kappa shape index (κ2) is 10.2. The Hall–Kier alpha value is -4.16. The van der Waals surface area contributed by atoms with Crippen molar-refractivity contribution < 1.29 is 0 Å². The van der Waals surface area contributed by atoms with Crippen LogP contribution in [0.1, 0.15) is 11.1 Å². The molecule has 5 aromatic rings. The molecule has 36 heavy (non-hydrogen) atoms. The lowest BCUT2D eigenvalue weighted by Gasteiger charge is -2.43. The van der Waals surface area contributed by atoms with Crippen LogP contribution < -0.4 is 4.90 Å². The van der Waals surface area contributed by atoms with Crippen LogP contribution in [0, 0.1) is 0 Å². The first-order valence-corrected chi connectivity index (χ1v) is 12.4. The van der Waals surface area contributed by atoms with Gasteiger partial charge >= 0.3 is 0 Å². The molecule has 0 spiro atoms. The Balaban J connectivity index is 1.39. The summed E-state index contributed by atoms with van der Waals surface area (Å²) in [4.78, 5) is 23.5. The van der Waals surface area contributed by atoms with E-state index in [9.17, 15) is 0 Å². The Kier molecular flexibility index (Phi) is 6.33. The van der Waals surface area contributed by atoms with E-state index in [2.05, 4.69) is 80.4 Å². The zero-order valence-corrected chi connectivity index (χ0v) is 20.1. The molecule has 1 saturated heterocycles. The number of rotatable bonds is 6. The van der Waals surface area contributed by atoms with Crippen LogP contribution in [-0.4, -0.2) is 50.5 Å². The van der Waals surface area contributed by atoms with Crippen molar-refractivity contribution in [1.82, 2.24) is 24.8 Å². The molecule has 0 aliphatic carbocycles. The van der Waals surface area contributed by atoms with E-state index in [1.807, 2.05) is 30.6 Å². The lowest BCUT2D eigenvalue weighted by molar-refractivity contribution is 0.213. The van der Waals surface area contributed by atoms with E-state index >= 15 is 0 Å². The molecule has 0 radical (unpaired) electrons. The Morgan fingerprint density at radius 1 is 0.722 bits per heavy atom. The third-order valence-electron chi connectivity index (χ3n) is 6.82. The van der Waals surface area contributed by atoms with Gasteiger partial charge in [-0.25, -0.2) is 9.97 Å². The third-order valence-corrected chi connectivity index (χ3v) is 6.82. The summed E-state index contributed by atoms with van der Waals surface area (Å²) in [6.45, 7) is 3.79. The van der Waals surface area contributed by atoms with Gasteiger partial charge in [-0.1, -0.05) is 60.7 Å². The van der Waals surface area contributed by atoms with Crippen molar-refractivity contribution in [3.63, 3.8) is 0 Å². The molecule has 1 fully saturated rings. The lowest BCUT2D eigenvalue weighted by Crippen LogP contribution is -2.54. The summed E-state index contributed by atoms with van der Waals surface area (Å²) in [6, 6.07) is 27.7. The number of anilines is 1. The van der Waals surface area contributed by atoms with Crippen LogP contribution in [0.4, 0.5) is 5.82 Å². The maximum atomic E-state index is 5.14. The topological polar surface area (TPSA) is 58.0 Å². The number of benzene rings is 2. The molecule has 0 amide bonds. The van der Waals surface area contributed by atoms with Crippen molar-refractivity contribution in [3.8, 4) is 11.4 Å². The fourth-order valence-electron chi connectivity index (χ4n) is 5.06. The average molecular weight is 473 g/mol. The van der Waals surface area contributed by atoms with Crippen LogP contribution in [0.25, 0.3) is 22.3 Å². The van der Waals surface area contributed by atoms with Crippen molar-refractivity contribution in [3.05, 3.63) is 115 Å². The number of hydrogen-bond acceptors (Lipinski definition) is 6. The van der Waals surface area contributed by atoms with Gasteiger partial charge in [0, 0.05) is 61.8 Å². The van der Waals surface area contributed by atoms with E-state index < -0.39 is 0 Å². The summed E-state index contributed by atoms with van der Waals surface area (Å²) in [5, 5.41) is 1.04.